The number of carboxylic acids is 2. The summed E-state index contributed by atoms with van der Waals surface area (Å²) in [5, 5.41) is 16.1. The highest BCUT2D eigenvalue weighted by Gasteiger charge is 2.22. The Morgan fingerprint density at radius 3 is 0.900 bits per heavy atom. The second-order valence-corrected chi connectivity index (χ2v) is 5.61. The second-order valence-electron chi connectivity index (χ2n) is 5.61. The van der Waals surface area contributed by atoms with E-state index in [2.05, 4.69) is 9.47 Å². The molecule has 0 saturated carbocycles. The summed E-state index contributed by atoms with van der Waals surface area (Å²) in [5.74, 6) is -5.55. The second kappa shape index (κ2) is 7.46. The van der Waals surface area contributed by atoms with Crippen molar-refractivity contribution in [2.24, 2.45) is 0 Å². The molecule has 20 heavy (non-hydrogen) atoms. The molecule has 0 amide bonds. The molecule has 0 aromatic carbocycles. The largest absolute Gasteiger partial charge is 0.473 e. The Hall–Kier alpha value is -2.12. The summed E-state index contributed by atoms with van der Waals surface area (Å²) >= 11 is 0. The fourth-order valence-electron chi connectivity index (χ4n) is 0.643. The van der Waals surface area contributed by atoms with Gasteiger partial charge in [-0.15, -0.1) is 0 Å². The van der Waals surface area contributed by atoms with Crippen LogP contribution in [0.4, 0.5) is 0 Å². The predicted molar refractivity (Wildman–Crippen MR) is 67.0 cm³/mol. The van der Waals surface area contributed by atoms with Crippen LogP contribution in [0.1, 0.15) is 41.5 Å². The average molecular weight is 292 g/mol. The first-order valence-electron chi connectivity index (χ1n) is 5.58. The third-order valence-electron chi connectivity index (χ3n) is 1.15. The predicted octanol–water partition coefficient (Wildman–Crippen LogP) is 0.825. The highest BCUT2D eigenvalue weighted by atomic mass is 16.6. The van der Waals surface area contributed by atoms with Gasteiger partial charge < -0.3 is 19.7 Å². The molecule has 0 aromatic heterocycles. The van der Waals surface area contributed by atoms with Crippen LogP contribution in [0.5, 0.6) is 0 Å². The molecule has 0 aliphatic heterocycles. The molecule has 0 saturated heterocycles. The summed E-state index contributed by atoms with van der Waals surface area (Å²) in [6, 6.07) is 0. The van der Waals surface area contributed by atoms with Crippen LogP contribution in [0.3, 0.4) is 0 Å². The Morgan fingerprint density at radius 1 is 0.650 bits per heavy atom. The van der Waals surface area contributed by atoms with Gasteiger partial charge in [-0.05, 0) is 41.5 Å². The Bertz CT molecular complexity index is 345. The van der Waals surface area contributed by atoms with Gasteiger partial charge >= 0.3 is 23.9 Å². The lowest BCUT2D eigenvalue weighted by molar-refractivity contribution is -0.171. The molecular weight excluding hydrogens is 272 g/mol. The van der Waals surface area contributed by atoms with Crippen LogP contribution in [-0.2, 0) is 28.7 Å². The number of carbonyl (C=O) groups is 4. The average Bonchev–Trinajstić information content (AvgIpc) is 2.12. The Labute approximate surface area is 116 Å². The van der Waals surface area contributed by atoms with Crippen molar-refractivity contribution in [1.82, 2.24) is 0 Å². The number of ether oxygens (including phenoxy) is 2. The monoisotopic (exact) mass is 292 g/mol. The molecule has 8 heteroatoms. The molecule has 0 unspecified atom stereocenters. The summed E-state index contributed by atoms with van der Waals surface area (Å²) in [5.41, 5.74) is -1.45. The molecule has 116 valence electrons. The fourth-order valence-corrected chi connectivity index (χ4v) is 0.643. The number of carbonyl (C=O) groups excluding carboxylic acids is 2. The maximum absolute atomic E-state index is 10.3. The van der Waals surface area contributed by atoms with Crippen LogP contribution in [-0.4, -0.2) is 45.3 Å². The third kappa shape index (κ3) is 13.9. The Morgan fingerprint density at radius 2 is 0.850 bits per heavy atom. The van der Waals surface area contributed by atoms with Crippen LogP contribution in [0.15, 0.2) is 0 Å². The number of rotatable bonds is 0. The highest BCUT2D eigenvalue weighted by Crippen LogP contribution is 2.06. The number of aliphatic carboxylic acids is 2. The van der Waals surface area contributed by atoms with Crippen LogP contribution in [0.25, 0.3) is 0 Å². The highest BCUT2D eigenvalue weighted by molar-refractivity contribution is 6.29. The molecule has 0 heterocycles. The van der Waals surface area contributed by atoms with Crippen molar-refractivity contribution < 1.29 is 38.9 Å². The van der Waals surface area contributed by atoms with Gasteiger partial charge in [-0.3, -0.25) is 0 Å². The minimum Gasteiger partial charge on any atom is -0.473 e. The van der Waals surface area contributed by atoms with E-state index in [0.29, 0.717) is 0 Å². The Kier molecular flexibility index (Phi) is 7.54. The first-order valence-corrected chi connectivity index (χ1v) is 5.58. The molecule has 0 aromatic rings. The summed E-state index contributed by atoms with van der Waals surface area (Å²) in [4.78, 5) is 40.5. The summed E-state index contributed by atoms with van der Waals surface area (Å²) in [6.45, 7) is 9.63. The van der Waals surface area contributed by atoms with Crippen molar-refractivity contribution in [3.63, 3.8) is 0 Å². The lowest BCUT2D eigenvalue weighted by atomic mass is 10.2. The molecule has 0 bridgehead atoms. The van der Waals surface area contributed by atoms with E-state index in [1.54, 1.807) is 41.5 Å². The molecule has 0 fully saturated rings. The van der Waals surface area contributed by atoms with Gasteiger partial charge in [-0.1, -0.05) is 0 Å². The molecule has 2 N–H and O–H groups in total. The van der Waals surface area contributed by atoms with Gasteiger partial charge in [-0.25, -0.2) is 19.2 Å². The summed E-state index contributed by atoms with van der Waals surface area (Å²) < 4.78 is 8.92. The van der Waals surface area contributed by atoms with E-state index in [-0.39, 0.29) is 0 Å². The summed E-state index contributed by atoms with van der Waals surface area (Å²) in [6.07, 6.45) is 0. The van der Waals surface area contributed by atoms with Crippen molar-refractivity contribution in [2.75, 3.05) is 0 Å². The van der Waals surface area contributed by atoms with Crippen molar-refractivity contribution in [3.8, 4) is 0 Å². The first-order chi connectivity index (χ1) is 8.65. The number of hydrogen-bond acceptors (Lipinski definition) is 6. The van der Waals surface area contributed by atoms with Gasteiger partial charge in [0.05, 0.1) is 0 Å². The number of carboxylic acid groups (broad SMARTS) is 2. The SMILES string of the molecule is CC(C)(C)OC(=O)C(=O)O.CC(C)(C)OC(=O)C(=O)O. The normalized spacial score (nSPS) is 10.7. The zero-order chi connectivity index (χ0) is 16.7. The van der Waals surface area contributed by atoms with Crippen molar-refractivity contribution in [3.05, 3.63) is 0 Å². The molecule has 8 nitrogen and oxygen atoms in total. The van der Waals surface area contributed by atoms with E-state index < -0.39 is 35.1 Å². The fraction of sp³-hybridized carbons (Fsp3) is 0.667. The van der Waals surface area contributed by atoms with Crippen LogP contribution >= 0.6 is 0 Å². The van der Waals surface area contributed by atoms with Gasteiger partial charge in [-0.2, -0.15) is 0 Å². The maximum atomic E-state index is 10.3. The molecular formula is C12H20O8. The van der Waals surface area contributed by atoms with E-state index in [1.807, 2.05) is 0 Å². The number of hydrogen-bond donors (Lipinski definition) is 2. The lowest BCUT2D eigenvalue weighted by Crippen LogP contribution is -2.28. The van der Waals surface area contributed by atoms with Crippen LogP contribution in [0, 0.1) is 0 Å². The zero-order valence-electron chi connectivity index (χ0n) is 12.3. The minimum atomic E-state index is -1.56. The van der Waals surface area contributed by atoms with Crippen molar-refractivity contribution >= 4 is 23.9 Å². The van der Waals surface area contributed by atoms with Gasteiger partial charge in [0.2, 0.25) is 0 Å². The lowest BCUT2D eigenvalue weighted by Gasteiger charge is -2.17. The molecule has 0 rings (SSSR count). The van der Waals surface area contributed by atoms with E-state index in [9.17, 15) is 19.2 Å². The molecule has 0 aliphatic rings. The van der Waals surface area contributed by atoms with Crippen LogP contribution < -0.4 is 0 Å². The summed E-state index contributed by atoms with van der Waals surface area (Å²) in [7, 11) is 0. The van der Waals surface area contributed by atoms with E-state index in [0.717, 1.165) is 0 Å². The van der Waals surface area contributed by atoms with Gasteiger partial charge in [0.25, 0.3) is 0 Å². The molecule has 0 radical (unpaired) electrons. The Balaban J connectivity index is 0. The van der Waals surface area contributed by atoms with Gasteiger partial charge in [0.15, 0.2) is 0 Å². The standard InChI is InChI=1S/2C6H10O4/c2*1-6(2,3)10-5(9)4(7)8/h2*1-3H3,(H,7,8). The van der Waals surface area contributed by atoms with Gasteiger partial charge in [0, 0.05) is 0 Å². The van der Waals surface area contributed by atoms with Crippen molar-refractivity contribution in [2.45, 2.75) is 52.7 Å². The molecule has 0 atom stereocenters. The van der Waals surface area contributed by atoms with Crippen molar-refractivity contribution in [1.29, 1.82) is 0 Å². The van der Waals surface area contributed by atoms with E-state index in [4.69, 9.17) is 10.2 Å². The first kappa shape index (κ1) is 20.2. The third-order valence-corrected chi connectivity index (χ3v) is 1.15. The number of esters is 2. The minimum absolute atomic E-state index is 0.727. The maximum Gasteiger partial charge on any atom is 0.417 e. The quantitative estimate of drug-likeness (QED) is 0.496. The topological polar surface area (TPSA) is 127 Å². The van der Waals surface area contributed by atoms with E-state index >= 15 is 0 Å². The smallest absolute Gasteiger partial charge is 0.417 e. The molecule has 0 spiro atoms. The van der Waals surface area contributed by atoms with Gasteiger partial charge in [0.1, 0.15) is 11.2 Å². The zero-order valence-corrected chi connectivity index (χ0v) is 12.3. The molecule has 0 aliphatic carbocycles. The van der Waals surface area contributed by atoms with E-state index in [1.165, 1.54) is 0 Å². The van der Waals surface area contributed by atoms with Crippen LogP contribution in [0.2, 0.25) is 0 Å².